The van der Waals surface area contributed by atoms with Crippen molar-refractivity contribution in [2.24, 2.45) is 0 Å². The zero-order chi connectivity index (χ0) is 14.8. The molecule has 3 heteroatoms. The summed E-state index contributed by atoms with van der Waals surface area (Å²) in [5.41, 5.74) is -0.0685. The molecule has 0 aromatic carbocycles. The first-order valence-electron chi connectivity index (χ1n) is 7.74. The molecule has 0 amide bonds. The summed E-state index contributed by atoms with van der Waals surface area (Å²) >= 11 is 0. The second kappa shape index (κ2) is 6.11. The fraction of sp³-hybridized carbons (Fsp3) is 1.00. The van der Waals surface area contributed by atoms with Crippen molar-refractivity contribution in [3.63, 3.8) is 0 Å². The van der Waals surface area contributed by atoms with Crippen molar-refractivity contribution in [3.05, 3.63) is 0 Å². The minimum absolute atomic E-state index is 0.00303. The molecule has 0 saturated carbocycles. The molecular weight excluding hydrogens is 236 g/mol. The lowest BCUT2D eigenvalue weighted by Crippen LogP contribution is -2.48. The van der Waals surface area contributed by atoms with Gasteiger partial charge in [-0.2, -0.15) is 0 Å². The number of nitrogens with one attached hydrogen (secondary N) is 1. The maximum atomic E-state index is 6.13. The van der Waals surface area contributed by atoms with Crippen molar-refractivity contribution in [1.82, 2.24) is 10.2 Å². The quantitative estimate of drug-likeness (QED) is 0.803. The van der Waals surface area contributed by atoms with E-state index in [0.717, 1.165) is 19.5 Å². The Kier molecular flexibility index (Phi) is 5.44. The lowest BCUT2D eigenvalue weighted by molar-refractivity contribution is -0.0698. The molecule has 0 spiro atoms. The molecule has 3 nitrogen and oxygen atoms in total. The molecule has 19 heavy (non-hydrogen) atoms. The fourth-order valence-electron chi connectivity index (χ4n) is 3.36. The van der Waals surface area contributed by atoms with E-state index in [1.165, 1.54) is 0 Å². The number of rotatable bonds is 6. The third kappa shape index (κ3) is 4.73. The van der Waals surface area contributed by atoms with Crippen molar-refractivity contribution in [1.29, 1.82) is 0 Å². The Morgan fingerprint density at radius 1 is 1.11 bits per heavy atom. The second-order valence-electron chi connectivity index (χ2n) is 7.60. The van der Waals surface area contributed by atoms with Gasteiger partial charge in [0.1, 0.15) is 0 Å². The third-order valence-corrected chi connectivity index (χ3v) is 4.16. The van der Waals surface area contributed by atoms with E-state index in [-0.39, 0.29) is 11.2 Å². The fourth-order valence-corrected chi connectivity index (χ4v) is 3.36. The van der Waals surface area contributed by atoms with Crippen LogP contribution in [-0.4, -0.2) is 47.3 Å². The smallest absolute Gasteiger partial charge is 0.0787 e. The van der Waals surface area contributed by atoms with Gasteiger partial charge in [-0.3, -0.25) is 4.90 Å². The van der Waals surface area contributed by atoms with Crippen LogP contribution in [-0.2, 0) is 4.74 Å². The predicted molar refractivity (Wildman–Crippen MR) is 82.6 cm³/mol. The van der Waals surface area contributed by atoms with Crippen molar-refractivity contribution >= 4 is 0 Å². The summed E-state index contributed by atoms with van der Waals surface area (Å²) in [5, 5.41) is 3.70. The highest BCUT2D eigenvalue weighted by Crippen LogP contribution is 2.37. The van der Waals surface area contributed by atoms with Crippen molar-refractivity contribution in [2.45, 2.75) is 91.1 Å². The SMILES string of the molecule is CC(C)N(CCNC1CC(C)(C)OC1(C)C)C(C)C. The third-order valence-electron chi connectivity index (χ3n) is 4.16. The number of hydrogen-bond donors (Lipinski definition) is 1. The van der Waals surface area contributed by atoms with Crippen LogP contribution in [0.1, 0.15) is 61.8 Å². The monoisotopic (exact) mass is 270 g/mol. The molecule has 0 aromatic heterocycles. The van der Waals surface area contributed by atoms with Crippen LogP contribution in [0.2, 0.25) is 0 Å². The van der Waals surface area contributed by atoms with Gasteiger partial charge in [0.25, 0.3) is 0 Å². The van der Waals surface area contributed by atoms with E-state index >= 15 is 0 Å². The van der Waals surface area contributed by atoms with Crippen LogP contribution in [0.5, 0.6) is 0 Å². The molecule has 0 aliphatic carbocycles. The van der Waals surface area contributed by atoms with Crippen LogP contribution in [0, 0.1) is 0 Å². The molecule has 0 radical (unpaired) electrons. The van der Waals surface area contributed by atoms with Gasteiger partial charge in [0.15, 0.2) is 0 Å². The van der Waals surface area contributed by atoms with Gasteiger partial charge in [0.05, 0.1) is 11.2 Å². The summed E-state index contributed by atoms with van der Waals surface area (Å²) < 4.78 is 6.13. The molecule has 1 fully saturated rings. The molecule has 1 atom stereocenters. The average Bonchev–Trinajstić information content (AvgIpc) is 2.39. The van der Waals surface area contributed by atoms with E-state index < -0.39 is 0 Å². The molecular formula is C16H34N2O. The average molecular weight is 270 g/mol. The van der Waals surface area contributed by atoms with E-state index in [0.29, 0.717) is 18.1 Å². The first-order valence-corrected chi connectivity index (χ1v) is 7.74. The van der Waals surface area contributed by atoms with E-state index in [9.17, 15) is 0 Å². The molecule has 0 bridgehead atoms. The van der Waals surface area contributed by atoms with Crippen LogP contribution < -0.4 is 5.32 Å². The zero-order valence-electron chi connectivity index (χ0n) is 14.2. The van der Waals surface area contributed by atoms with Crippen LogP contribution in [0.3, 0.4) is 0 Å². The van der Waals surface area contributed by atoms with Gasteiger partial charge in [0, 0.05) is 31.2 Å². The summed E-state index contributed by atoms with van der Waals surface area (Å²) in [7, 11) is 0. The standard InChI is InChI=1S/C16H34N2O/c1-12(2)18(13(3)4)10-9-17-14-11-15(5,6)19-16(14,7)8/h12-14,17H,9-11H2,1-8H3. The summed E-state index contributed by atoms with van der Waals surface area (Å²) in [6, 6.07) is 1.65. The van der Waals surface area contributed by atoms with Gasteiger partial charge >= 0.3 is 0 Å². The Bertz CT molecular complexity index is 276. The molecule has 1 unspecified atom stereocenters. The number of ether oxygens (including phenoxy) is 1. The predicted octanol–water partition coefficient (Wildman–Crippen LogP) is 3.04. The summed E-state index contributed by atoms with van der Waals surface area (Å²) in [4.78, 5) is 2.53. The Labute approximate surface area is 120 Å². The summed E-state index contributed by atoms with van der Waals surface area (Å²) in [6.45, 7) is 20.0. The van der Waals surface area contributed by atoms with Crippen LogP contribution in [0.25, 0.3) is 0 Å². The highest BCUT2D eigenvalue weighted by molar-refractivity contribution is 4.98. The zero-order valence-corrected chi connectivity index (χ0v) is 14.2. The van der Waals surface area contributed by atoms with Crippen molar-refractivity contribution in [3.8, 4) is 0 Å². The Balaban J connectivity index is 2.45. The first kappa shape index (κ1) is 16.9. The van der Waals surface area contributed by atoms with Gasteiger partial charge in [-0.05, 0) is 61.8 Å². The number of hydrogen-bond acceptors (Lipinski definition) is 3. The molecule has 1 N–H and O–H groups in total. The van der Waals surface area contributed by atoms with Gasteiger partial charge in [0.2, 0.25) is 0 Å². The van der Waals surface area contributed by atoms with Crippen molar-refractivity contribution < 1.29 is 4.74 Å². The summed E-state index contributed by atoms with van der Waals surface area (Å²) in [6.07, 6.45) is 1.09. The molecule has 1 aliphatic heterocycles. The van der Waals surface area contributed by atoms with Crippen LogP contribution in [0.4, 0.5) is 0 Å². The Morgan fingerprint density at radius 2 is 1.63 bits per heavy atom. The molecule has 1 aliphatic rings. The highest BCUT2D eigenvalue weighted by atomic mass is 16.5. The lowest BCUT2D eigenvalue weighted by Gasteiger charge is -2.32. The van der Waals surface area contributed by atoms with E-state index in [1.807, 2.05) is 0 Å². The van der Waals surface area contributed by atoms with Gasteiger partial charge in [-0.15, -0.1) is 0 Å². The lowest BCUT2D eigenvalue weighted by atomic mass is 9.94. The van der Waals surface area contributed by atoms with Gasteiger partial charge < -0.3 is 10.1 Å². The molecule has 114 valence electrons. The minimum atomic E-state index is -0.0655. The number of nitrogens with zero attached hydrogens (tertiary/aromatic N) is 1. The normalized spacial score (nSPS) is 25.7. The van der Waals surface area contributed by atoms with Crippen LogP contribution >= 0.6 is 0 Å². The van der Waals surface area contributed by atoms with Gasteiger partial charge in [-0.25, -0.2) is 0 Å². The first-order chi connectivity index (χ1) is 8.55. The second-order valence-corrected chi connectivity index (χ2v) is 7.60. The molecule has 1 heterocycles. The van der Waals surface area contributed by atoms with Crippen molar-refractivity contribution in [2.75, 3.05) is 13.1 Å². The molecule has 1 rings (SSSR count). The minimum Gasteiger partial charge on any atom is -0.368 e. The summed E-state index contributed by atoms with van der Waals surface area (Å²) in [5.74, 6) is 0. The Morgan fingerprint density at radius 3 is 2.00 bits per heavy atom. The topological polar surface area (TPSA) is 24.5 Å². The Hall–Kier alpha value is -0.120. The maximum absolute atomic E-state index is 6.13. The van der Waals surface area contributed by atoms with E-state index in [1.54, 1.807) is 0 Å². The van der Waals surface area contributed by atoms with E-state index in [4.69, 9.17) is 4.74 Å². The maximum Gasteiger partial charge on any atom is 0.0787 e. The van der Waals surface area contributed by atoms with Gasteiger partial charge in [-0.1, -0.05) is 0 Å². The van der Waals surface area contributed by atoms with E-state index in [2.05, 4.69) is 65.6 Å². The molecule has 1 saturated heterocycles. The molecule has 0 aromatic rings. The van der Waals surface area contributed by atoms with Crippen LogP contribution in [0.15, 0.2) is 0 Å². The highest BCUT2D eigenvalue weighted by Gasteiger charge is 2.45. The largest absolute Gasteiger partial charge is 0.368 e.